The fourth-order valence-corrected chi connectivity index (χ4v) is 1.20. The predicted molar refractivity (Wildman–Crippen MR) is 54.7 cm³/mol. The summed E-state index contributed by atoms with van der Waals surface area (Å²) in [6.07, 6.45) is 2.26. The first-order valence-electron chi connectivity index (χ1n) is 4.87. The summed E-state index contributed by atoms with van der Waals surface area (Å²) in [5.41, 5.74) is -0.252. The maximum atomic E-state index is 11.4. The van der Waals surface area contributed by atoms with Gasteiger partial charge in [-0.05, 0) is 6.42 Å². The first-order valence-corrected chi connectivity index (χ1v) is 4.87. The molecule has 0 aliphatic rings. The van der Waals surface area contributed by atoms with E-state index in [-0.39, 0.29) is 12.2 Å². The smallest absolute Gasteiger partial charge is 0.323 e. The molecule has 1 amide bonds. The molecule has 0 fully saturated rings. The minimum atomic E-state index is -0.537. The molecule has 1 aromatic heterocycles. The van der Waals surface area contributed by atoms with E-state index < -0.39 is 17.7 Å². The first-order chi connectivity index (χ1) is 7.13. The molecule has 0 aromatic carbocycles. The predicted octanol–water partition coefficient (Wildman–Crippen LogP) is -0.406. The molecule has 1 atom stereocenters. The van der Waals surface area contributed by atoms with Gasteiger partial charge >= 0.3 is 5.69 Å². The molecule has 84 valence electrons. The Hall–Kier alpha value is -1.56. The number of aliphatic hydroxyl groups excluding tert-OH is 1. The minimum absolute atomic E-state index is 0.170. The summed E-state index contributed by atoms with van der Waals surface area (Å²) in [5.74, 6) is -0.400. The highest BCUT2D eigenvalue weighted by Crippen LogP contribution is 1.95. The number of hydrogen-bond donors (Lipinski definition) is 4. The van der Waals surface area contributed by atoms with E-state index in [1.807, 2.05) is 6.92 Å². The van der Waals surface area contributed by atoms with E-state index in [2.05, 4.69) is 15.3 Å². The van der Waals surface area contributed by atoms with Gasteiger partial charge in [-0.3, -0.25) is 4.79 Å². The standard InChI is InChI=1S/C9H15N3O3/c1-2-3-6(13)4-10-8(14)7-5-11-9(15)12-7/h5-6,13H,2-4H2,1H3,(H,10,14)(H2,11,12,15). The van der Waals surface area contributed by atoms with E-state index in [0.29, 0.717) is 6.42 Å². The van der Waals surface area contributed by atoms with Crippen LogP contribution in [0.25, 0.3) is 0 Å². The highest BCUT2D eigenvalue weighted by molar-refractivity contribution is 5.91. The monoisotopic (exact) mass is 213 g/mol. The van der Waals surface area contributed by atoms with Crippen LogP contribution in [0.15, 0.2) is 11.0 Å². The zero-order valence-electron chi connectivity index (χ0n) is 8.54. The molecule has 0 bridgehead atoms. The Morgan fingerprint density at radius 1 is 1.67 bits per heavy atom. The largest absolute Gasteiger partial charge is 0.391 e. The van der Waals surface area contributed by atoms with E-state index >= 15 is 0 Å². The highest BCUT2D eigenvalue weighted by atomic mass is 16.3. The van der Waals surface area contributed by atoms with Gasteiger partial charge in [0.25, 0.3) is 5.91 Å². The zero-order valence-corrected chi connectivity index (χ0v) is 8.54. The fraction of sp³-hybridized carbons (Fsp3) is 0.556. The van der Waals surface area contributed by atoms with Crippen molar-refractivity contribution >= 4 is 5.91 Å². The second kappa shape index (κ2) is 5.35. The average molecular weight is 213 g/mol. The minimum Gasteiger partial charge on any atom is -0.391 e. The van der Waals surface area contributed by atoms with Crippen molar-refractivity contribution in [3.63, 3.8) is 0 Å². The summed E-state index contributed by atoms with van der Waals surface area (Å²) in [6, 6.07) is 0. The summed E-state index contributed by atoms with van der Waals surface area (Å²) in [5, 5.41) is 11.9. The number of rotatable bonds is 5. The van der Waals surface area contributed by atoms with Crippen molar-refractivity contribution in [2.45, 2.75) is 25.9 Å². The lowest BCUT2D eigenvalue weighted by molar-refractivity contribution is 0.0905. The SMILES string of the molecule is CCCC(O)CNC(=O)c1c[nH]c(=O)[nH]1. The van der Waals surface area contributed by atoms with Gasteiger partial charge < -0.3 is 20.4 Å². The second-order valence-corrected chi connectivity index (χ2v) is 3.31. The van der Waals surface area contributed by atoms with Gasteiger partial charge in [0, 0.05) is 12.7 Å². The third-order valence-electron chi connectivity index (χ3n) is 1.96. The van der Waals surface area contributed by atoms with Crippen LogP contribution in [0.2, 0.25) is 0 Å². The topological polar surface area (TPSA) is 98.0 Å². The lowest BCUT2D eigenvalue weighted by Crippen LogP contribution is -2.32. The Labute approximate surface area is 86.7 Å². The molecule has 1 rings (SSSR count). The fourth-order valence-electron chi connectivity index (χ4n) is 1.20. The Bertz CT molecular complexity index is 369. The van der Waals surface area contributed by atoms with Crippen LogP contribution in [-0.4, -0.2) is 33.6 Å². The third-order valence-corrected chi connectivity index (χ3v) is 1.96. The molecule has 4 N–H and O–H groups in total. The number of H-pyrrole nitrogens is 2. The van der Waals surface area contributed by atoms with Gasteiger partial charge in [-0.1, -0.05) is 13.3 Å². The van der Waals surface area contributed by atoms with Crippen molar-refractivity contribution < 1.29 is 9.90 Å². The number of carbonyl (C=O) groups is 1. The first kappa shape index (κ1) is 11.5. The van der Waals surface area contributed by atoms with Gasteiger partial charge in [-0.25, -0.2) is 4.79 Å². The molecule has 6 nitrogen and oxygen atoms in total. The second-order valence-electron chi connectivity index (χ2n) is 3.31. The normalized spacial score (nSPS) is 12.4. The van der Waals surface area contributed by atoms with Crippen LogP contribution in [0, 0.1) is 0 Å². The molecule has 1 unspecified atom stereocenters. The Kier molecular flexibility index (Phi) is 4.11. The maximum Gasteiger partial charge on any atom is 0.323 e. The van der Waals surface area contributed by atoms with Crippen molar-refractivity contribution in [2.75, 3.05) is 6.54 Å². The van der Waals surface area contributed by atoms with E-state index in [1.165, 1.54) is 6.20 Å². The van der Waals surface area contributed by atoms with Crippen LogP contribution < -0.4 is 11.0 Å². The third kappa shape index (κ3) is 3.59. The molecule has 1 aromatic rings. The van der Waals surface area contributed by atoms with Gasteiger partial charge in [0.2, 0.25) is 0 Å². The van der Waals surface area contributed by atoms with E-state index in [4.69, 9.17) is 0 Å². The van der Waals surface area contributed by atoms with E-state index in [9.17, 15) is 14.7 Å². The summed E-state index contributed by atoms with van der Waals surface area (Å²) < 4.78 is 0. The van der Waals surface area contributed by atoms with Crippen molar-refractivity contribution in [2.24, 2.45) is 0 Å². The number of hydrogen-bond acceptors (Lipinski definition) is 3. The molecule has 0 saturated heterocycles. The summed E-state index contributed by atoms with van der Waals surface area (Å²) in [6.45, 7) is 2.15. The Morgan fingerprint density at radius 2 is 2.40 bits per heavy atom. The van der Waals surface area contributed by atoms with Gasteiger partial charge in [-0.15, -0.1) is 0 Å². The lowest BCUT2D eigenvalue weighted by atomic mass is 10.2. The van der Waals surface area contributed by atoms with Gasteiger partial charge in [0.1, 0.15) is 5.69 Å². The maximum absolute atomic E-state index is 11.4. The number of aliphatic hydroxyl groups is 1. The Balaban J connectivity index is 2.40. The summed E-state index contributed by atoms with van der Waals surface area (Å²) >= 11 is 0. The average Bonchev–Trinajstić information content (AvgIpc) is 2.62. The molecule has 0 radical (unpaired) electrons. The molecular formula is C9H15N3O3. The quantitative estimate of drug-likeness (QED) is 0.535. The van der Waals surface area contributed by atoms with Crippen molar-refractivity contribution in [3.8, 4) is 0 Å². The number of imidazole rings is 1. The van der Waals surface area contributed by atoms with Crippen LogP contribution in [0.5, 0.6) is 0 Å². The molecule has 15 heavy (non-hydrogen) atoms. The number of aromatic nitrogens is 2. The molecule has 6 heteroatoms. The Morgan fingerprint density at radius 3 is 2.93 bits per heavy atom. The van der Waals surface area contributed by atoms with Gasteiger partial charge in [0.15, 0.2) is 0 Å². The van der Waals surface area contributed by atoms with E-state index in [0.717, 1.165) is 6.42 Å². The molecular weight excluding hydrogens is 198 g/mol. The van der Waals surface area contributed by atoms with Crippen molar-refractivity contribution in [3.05, 3.63) is 22.4 Å². The highest BCUT2D eigenvalue weighted by Gasteiger charge is 2.09. The van der Waals surface area contributed by atoms with Crippen LogP contribution in [0.3, 0.4) is 0 Å². The van der Waals surface area contributed by atoms with Gasteiger partial charge in [-0.2, -0.15) is 0 Å². The number of nitrogens with one attached hydrogen (secondary N) is 3. The molecule has 0 saturated carbocycles. The molecule has 1 heterocycles. The lowest BCUT2D eigenvalue weighted by Gasteiger charge is -2.09. The zero-order chi connectivity index (χ0) is 11.3. The van der Waals surface area contributed by atoms with Crippen LogP contribution >= 0.6 is 0 Å². The molecule has 0 aliphatic heterocycles. The number of carbonyl (C=O) groups excluding carboxylic acids is 1. The van der Waals surface area contributed by atoms with Gasteiger partial charge in [0.05, 0.1) is 6.10 Å². The van der Waals surface area contributed by atoms with Crippen molar-refractivity contribution in [1.29, 1.82) is 0 Å². The number of aromatic amines is 2. The van der Waals surface area contributed by atoms with E-state index in [1.54, 1.807) is 0 Å². The summed E-state index contributed by atoms with van der Waals surface area (Å²) in [7, 11) is 0. The van der Waals surface area contributed by atoms with Crippen LogP contribution in [-0.2, 0) is 0 Å². The summed E-state index contributed by atoms with van der Waals surface area (Å²) in [4.78, 5) is 26.7. The van der Waals surface area contributed by atoms with Crippen molar-refractivity contribution in [1.82, 2.24) is 15.3 Å². The van der Waals surface area contributed by atoms with Crippen LogP contribution in [0.4, 0.5) is 0 Å². The molecule has 0 aliphatic carbocycles. The molecule has 0 spiro atoms. The van der Waals surface area contributed by atoms with Crippen LogP contribution in [0.1, 0.15) is 30.3 Å². The number of amides is 1.